The van der Waals surface area contributed by atoms with E-state index in [4.69, 9.17) is 4.52 Å². The Labute approximate surface area is 275 Å². The van der Waals surface area contributed by atoms with Crippen LogP contribution in [0.2, 0.25) is 0 Å². The van der Waals surface area contributed by atoms with E-state index in [9.17, 15) is 4.79 Å². The van der Waals surface area contributed by atoms with Crippen LogP contribution in [0, 0.1) is 0 Å². The molecule has 252 valence electrons. The molecule has 0 aliphatic carbocycles. The first-order valence-corrected chi connectivity index (χ1v) is 22.3. The van der Waals surface area contributed by atoms with Gasteiger partial charge in [0.25, 0.3) is 0 Å². The second kappa shape index (κ2) is 25.6. The van der Waals surface area contributed by atoms with Crippen molar-refractivity contribution in [2.45, 2.75) is 187 Å². The van der Waals surface area contributed by atoms with Crippen LogP contribution in [0.3, 0.4) is 0 Å². The van der Waals surface area contributed by atoms with Gasteiger partial charge in [0.05, 0.1) is 0 Å². The van der Waals surface area contributed by atoms with Crippen LogP contribution in [0.5, 0.6) is 0 Å². The van der Waals surface area contributed by atoms with Gasteiger partial charge in [0.1, 0.15) is 0 Å². The van der Waals surface area contributed by atoms with Crippen LogP contribution >= 0.6 is 19.5 Å². The number of carbonyl (C=O) groups is 1. The standard InChI is InChI=1S/C39H73O2PS/c1-5-9-13-17-18-19-20-21-22-23-24-30-36-42(33-27-14-10-6-2,34-28-15-11-7-3,35-29-16-12-8-4)41-39(40)37-31-25-26-32-38(37)43/h25-26,31-32,43H,5-24,27-30,33-36H2,1-4H3. The zero-order valence-corrected chi connectivity index (χ0v) is 31.1. The molecule has 0 aliphatic rings. The molecule has 0 saturated carbocycles. The van der Waals surface area contributed by atoms with Gasteiger partial charge >= 0.3 is 263 Å². The Bertz CT molecular complexity index is 776. The fraction of sp³-hybridized carbons (Fsp3) is 0.821. The van der Waals surface area contributed by atoms with Gasteiger partial charge in [0.15, 0.2) is 0 Å². The second-order valence-corrected chi connectivity index (χ2v) is 19.9. The van der Waals surface area contributed by atoms with Crippen LogP contribution < -0.4 is 0 Å². The summed E-state index contributed by atoms with van der Waals surface area (Å²) < 4.78 is 7.18. The van der Waals surface area contributed by atoms with Crippen LogP contribution in [0.25, 0.3) is 0 Å². The molecule has 0 aliphatic heterocycles. The summed E-state index contributed by atoms with van der Waals surface area (Å²) in [5, 5.41) is 0. The third-order valence-electron chi connectivity index (χ3n) is 9.77. The van der Waals surface area contributed by atoms with E-state index in [-0.39, 0.29) is 5.97 Å². The first-order chi connectivity index (χ1) is 21.0. The first kappa shape index (κ1) is 40.5. The predicted molar refractivity (Wildman–Crippen MR) is 199 cm³/mol. The van der Waals surface area contributed by atoms with Gasteiger partial charge in [-0.1, -0.05) is 13.3 Å². The quantitative estimate of drug-likeness (QED) is 0.0516. The van der Waals surface area contributed by atoms with Crippen molar-refractivity contribution in [2.75, 3.05) is 24.6 Å². The summed E-state index contributed by atoms with van der Waals surface area (Å²) >= 11 is 4.68. The van der Waals surface area contributed by atoms with E-state index in [1.165, 1.54) is 154 Å². The Hall–Kier alpha value is -0.530. The van der Waals surface area contributed by atoms with E-state index in [0.29, 0.717) is 5.56 Å². The van der Waals surface area contributed by atoms with Crippen molar-refractivity contribution in [2.24, 2.45) is 0 Å². The zero-order chi connectivity index (χ0) is 31.5. The maximum absolute atomic E-state index is 14.0. The molecule has 0 N–H and O–H groups in total. The molecule has 1 aromatic rings. The molecule has 0 bridgehead atoms. The van der Waals surface area contributed by atoms with Gasteiger partial charge in [-0.05, 0) is 0 Å². The summed E-state index contributed by atoms with van der Waals surface area (Å²) in [5.74, 6) is -0.0938. The fourth-order valence-electron chi connectivity index (χ4n) is 6.95. The van der Waals surface area contributed by atoms with Crippen molar-refractivity contribution < 1.29 is 9.32 Å². The molecule has 0 heterocycles. The van der Waals surface area contributed by atoms with Crippen LogP contribution in [0.4, 0.5) is 0 Å². The number of carbonyl (C=O) groups excluding carboxylic acids is 1. The van der Waals surface area contributed by atoms with Crippen LogP contribution in [-0.2, 0) is 4.52 Å². The predicted octanol–water partition coefficient (Wildman–Crippen LogP) is 14.0. The average Bonchev–Trinajstić information content (AvgIpc) is 3.01. The van der Waals surface area contributed by atoms with Crippen LogP contribution in [-0.4, -0.2) is 30.6 Å². The number of thiol groups is 1. The van der Waals surface area contributed by atoms with Crippen molar-refractivity contribution in [1.82, 2.24) is 0 Å². The Kier molecular flexibility index (Phi) is 24.1. The van der Waals surface area contributed by atoms with Gasteiger partial charge in [-0.2, -0.15) is 0 Å². The molecular weight excluding hydrogens is 563 g/mol. The van der Waals surface area contributed by atoms with Gasteiger partial charge in [0.2, 0.25) is 0 Å². The monoisotopic (exact) mass is 637 g/mol. The second-order valence-electron chi connectivity index (χ2n) is 13.7. The minimum absolute atomic E-state index is 0.0938. The molecule has 1 rings (SSSR count). The number of hydrogen-bond donors (Lipinski definition) is 1. The van der Waals surface area contributed by atoms with E-state index >= 15 is 0 Å². The summed E-state index contributed by atoms with van der Waals surface area (Å²) in [6, 6.07) is 7.78. The van der Waals surface area contributed by atoms with E-state index in [1.807, 2.05) is 24.3 Å². The fourth-order valence-corrected chi connectivity index (χ4v) is 13.6. The third kappa shape index (κ3) is 17.7. The Balaban J connectivity index is 3.07. The number of benzene rings is 1. The Morgan fingerprint density at radius 2 is 0.814 bits per heavy atom. The van der Waals surface area contributed by atoms with E-state index in [2.05, 4.69) is 40.3 Å². The molecule has 0 saturated heterocycles. The Morgan fingerprint density at radius 3 is 1.16 bits per heavy atom. The summed E-state index contributed by atoms with van der Waals surface area (Å²) in [6.45, 7) is 6.43. The molecule has 0 fully saturated rings. The first-order valence-electron chi connectivity index (χ1n) is 19.0. The average molecular weight is 637 g/mol. The summed E-state index contributed by atoms with van der Waals surface area (Å²) in [4.78, 5) is 14.8. The molecule has 2 nitrogen and oxygen atoms in total. The third-order valence-corrected chi connectivity index (χ3v) is 16.6. The Morgan fingerprint density at radius 1 is 0.512 bits per heavy atom. The van der Waals surface area contributed by atoms with Crippen LogP contribution in [0.1, 0.15) is 192 Å². The van der Waals surface area contributed by atoms with Crippen molar-refractivity contribution in [3.05, 3.63) is 29.8 Å². The zero-order valence-electron chi connectivity index (χ0n) is 29.3. The normalized spacial score (nSPS) is 12.7. The molecule has 0 amide bonds. The van der Waals surface area contributed by atoms with E-state index in [0.717, 1.165) is 29.5 Å². The van der Waals surface area contributed by atoms with Crippen molar-refractivity contribution in [3.8, 4) is 0 Å². The summed E-state index contributed by atoms with van der Waals surface area (Å²) in [6.07, 6.45) is 36.0. The maximum atomic E-state index is 14.0. The molecule has 0 unspecified atom stereocenters. The molecule has 0 radical (unpaired) electrons. The van der Waals surface area contributed by atoms with E-state index in [1.54, 1.807) is 0 Å². The van der Waals surface area contributed by atoms with Gasteiger partial charge in [-0.15, -0.1) is 0 Å². The van der Waals surface area contributed by atoms with Gasteiger partial charge in [-0.25, -0.2) is 0 Å². The summed E-state index contributed by atoms with van der Waals surface area (Å²) in [7, 11) is 0. The van der Waals surface area contributed by atoms with Crippen molar-refractivity contribution in [1.29, 1.82) is 0 Å². The molecule has 0 spiro atoms. The SMILES string of the molecule is CCCCCCCCCCCCCCP(CCCCCC)(CCCCCC)(CCCCCC)OC(=O)c1ccccc1S. The molecule has 0 aromatic heterocycles. The topological polar surface area (TPSA) is 26.3 Å². The minimum atomic E-state index is -2.76. The van der Waals surface area contributed by atoms with E-state index < -0.39 is 6.83 Å². The van der Waals surface area contributed by atoms with Crippen LogP contribution in [0.15, 0.2) is 29.2 Å². The van der Waals surface area contributed by atoms with Gasteiger partial charge in [0, 0.05) is 0 Å². The number of unbranched alkanes of at least 4 members (excludes halogenated alkanes) is 20. The van der Waals surface area contributed by atoms with Crippen molar-refractivity contribution >= 4 is 25.4 Å². The molecular formula is C39H73O2PS. The molecule has 43 heavy (non-hydrogen) atoms. The number of rotatable bonds is 30. The number of hydrogen-bond acceptors (Lipinski definition) is 3. The molecule has 0 atom stereocenters. The summed E-state index contributed by atoms with van der Waals surface area (Å²) in [5.41, 5.74) is 0.658. The van der Waals surface area contributed by atoms with Gasteiger partial charge < -0.3 is 0 Å². The molecule has 4 heteroatoms. The van der Waals surface area contributed by atoms with Crippen molar-refractivity contribution in [3.63, 3.8) is 0 Å². The van der Waals surface area contributed by atoms with Gasteiger partial charge in [-0.3, -0.25) is 0 Å². The molecule has 1 aromatic carbocycles.